The van der Waals surface area contributed by atoms with E-state index in [1.807, 2.05) is 0 Å². The van der Waals surface area contributed by atoms with Crippen LogP contribution in [-0.2, 0) is 13.1 Å². The molecule has 150 valence electrons. The van der Waals surface area contributed by atoms with Crippen molar-refractivity contribution < 1.29 is 9.59 Å². The molecule has 7 nitrogen and oxygen atoms in total. The standard InChI is InChI=1S/C21H15Br2N5O2/c22-15-5-1-13(2-6-15)17(29)9-27-12-26-21-19(27)20(24)25-11-28(21)10-18(30)14-3-7-16(23)8-4-14/h1-8,11-12,24H,9-10H2. The summed E-state index contributed by atoms with van der Waals surface area (Å²) in [6, 6.07) is 14.2. The Kier molecular flexibility index (Phi) is 5.74. The molecule has 30 heavy (non-hydrogen) atoms. The first-order valence-corrected chi connectivity index (χ1v) is 10.5. The molecule has 0 amide bonds. The number of halogens is 2. The molecular formula is C21H15Br2N5O2. The Morgan fingerprint density at radius 3 is 1.77 bits per heavy atom. The lowest BCUT2D eigenvalue weighted by molar-refractivity contribution is 0.0964. The predicted octanol–water partition coefficient (Wildman–Crippen LogP) is 4.00. The van der Waals surface area contributed by atoms with Gasteiger partial charge in [-0.25, -0.2) is 9.97 Å². The van der Waals surface area contributed by atoms with Crippen LogP contribution in [0.15, 0.2) is 70.1 Å². The number of hydrogen-bond donors (Lipinski definition) is 1. The minimum absolute atomic E-state index is 0.00144. The summed E-state index contributed by atoms with van der Waals surface area (Å²) in [6.45, 7) is 0.0550. The maximum atomic E-state index is 12.6. The van der Waals surface area contributed by atoms with E-state index in [0.717, 1.165) is 8.95 Å². The number of fused-ring (bicyclic) bond motifs is 1. The van der Waals surface area contributed by atoms with Crippen LogP contribution in [0.5, 0.6) is 0 Å². The number of carbonyl (C=O) groups excluding carboxylic acids is 2. The van der Waals surface area contributed by atoms with Gasteiger partial charge in [-0.2, -0.15) is 0 Å². The van der Waals surface area contributed by atoms with Crippen LogP contribution in [0.2, 0.25) is 0 Å². The summed E-state index contributed by atoms with van der Waals surface area (Å²) in [5.41, 5.74) is 1.97. The fourth-order valence-electron chi connectivity index (χ4n) is 3.07. The highest BCUT2D eigenvalue weighted by atomic mass is 79.9. The highest BCUT2D eigenvalue weighted by Crippen LogP contribution is 2.15. The molecule has 0 atom stereocenters. The molecule has 2 aromatic carbocycles. The van der Waals surface area contributed by atoms with Gasteiger partial charge in [-0.3, -0.25) is 15.0 Å². The van der Waals surface area contributed by atoms with E-state index in [-0.39, 0.29) is 30.1 Å². The number of benzene rings is 2. The third-order valence-electron chi connectivity index (χ3n) is 4.60. The summed E-state index contributed by atoms with van der Waals surface area (Å²) >= 11 is 6.71. The Labute approximate surface area is 188 Å². The van der Waals surface area contributed by atoms with Gasteiger partial charge in [0, 0.05) is 20.1 Å². The second kappa shape index (κ2) is 8.45. The highest BCUT2D eigenvalue weighted by Gasteiger charge is 2.15. The monoisotopic (exact) mass is 527 g/mol. The van der Waals surface area contributed by atoms with Gasteiger partial charge in [-0.15, -0.1) is 0 Å². The van der Waals surface area contributed by atoms with E-state index in [1.54, 1.807) is 57.7 Å². The molecule has 0 unspecified atom stereocenters. The first-order chi connectivity index (χ1) is 14.4. The number of rotatable bonds is 6. The van der Waals surface area contributed by atoms with Crippen LogP contribution >= 0.6 is 31.9 Å². The Balaban J connectivity index is 1.63. The summed E-state index contributed by atoms with van der Waals surface area (Å²) < 4.78 is 4.97. The van der Waals surface area contributed by atoms with E-state index in [2.05, 4.69) is 41.8 Å². The molecule has 0 fully saturated rings. The van der Waals surface area contributed by atoms with Crippen LogP contribution in [0.25, 0.3) is 11.2 Å². The summed E-state index contributed by atoms with van der Waals surface area (Å²) in [6.07, 6.45) is 2.93. The fraction of sp³-hybridized carbons (Fsp3) is 0.0952. The van der Waals surface area contributed by atoms with E-state index < -0.39 is 0 Å². The second-order valence-electron chi connectivity index (χ2n) is 6.63. The Morgan fingerprint density at radius 2 is 1.23 bits per heavy atom. The predicted molar refractivity (Wildman–Crippen MR) is 118 cm³/mol. The lowest BCUT2D eigenvalue weighted by Gasteiger charge is -2.08. The topological polar surface area (TPSA) is 93.6 Å². The Morgan fingerprint density at radius 1 is 0.767 bits per heavy atom. The van der Waals surface area contributed by atoms with Crippen molar-refractivity contribution in [3.63, 3.8) is 0 Å². The first-order valence-electron chi connectivity index (χ1n) is 8.95. The fourth-order valence-corrected chi connectivity index (χ4v) is 3.59. The molecule has 0 saturated carbocycles. The maximum absolute atomic E-state index is 12.6. The van der Waals surface area contributed by atoms with Crippen LogP contribution in [0.4, 0.5) is 0 Å². The second-order valence-corrected chi connectivity index (χ2v) is 8.46. The van der Waals surface area contributed by atoms with Crippen molar-refractivity contribution in [1.29, 1.82) is 5.41 Å². The zero-order chi connectivity index (χ0) is 21.3. The van der Waals surface area contributed by atoms with Crippen LogP contribution in [0.1, 0.15) is 20.7 Å². The van der Waals surface area contributed by atoms with Crippen molar-refractivity contribution in [3.8, 4) is 0 Å². The van der Waals surface area contributed by atoms with Crippen molar-refractivity contribution in [2.24, 2.45) is 0 Å². The van der Waals surface area contributed by atoms with Crippen LogP contribution in [0, 0.1) is 5.41 Å². The number of nitrogens with one attached hydrogen (secondary N) is 1. The Bertz CT molecular complexity index is 1310. The van der Waals surface area contributed by atoms with Gasteiger partial charge >= 0.3 is 0 Å². The summed E-state index contributed by atoms with van der Waals surface area (Å²) in [7, 11) is 0. The summed E-state index contributed by atoms with van der Waals surface area (Å²) in [5.74, 6) is -0.212. The molecule has 4 rings (SSSR count). The van der Waals surface area contributed by atoms with Gasteiger partial charge in [-0.05, 0) is 24.3 Å². The lowest BCUT2D eigenvalue weighted by atomic mass is 10.1. The number of Topliss-reactive ketones (excluding diaryl/α,β-unsaturated/α-hetero) is 2. The zero-order valence-corrected chi connectivity index (χ0v) is 18.7. The molecule has 2 aromatic heterocycles. The lowest BCUT2D eigenvalue weighted by Crippen LogP contribution is -2.20. The van der Waals surface area contributed by atoms with Crippen LogP contribution < -0.4 is 5.49 Å². The molecule has 0 bridgehead atoms. The Hall–Kier alpha value is -2.91. The van der Waals surface area contributed by atoms with Gasteiger partial charge in [0.05, 0.1) is 25.7 Å². The SMILES string of the molecule is N=c1ncn(CC(=O)c2ccc(Br)cc2)c2ncn(CC(=O)c3ccc(Br)cc3)c12. The quantitative estimate of drug-likeness (QED) is 0.383. The van der Waals surface area contributed by atoms with Crippen molar-refractivity contribution in [1.82, 2.24) is 19.1 Å². The van der Waals surface area contributed by atoms with E-state index >= 15 is 0 Å². The average molecular weight is 529 g/mol. The maximum Gasteiger partial charge on any atom is 0.182 e. The molecule has 0 saturated heterocycles. The van der Waals surface area contributed by atoms with Gasteiger partial charge in [0.2, 0.25) is 0 Å². The highest BCUT2D eigenvalue weighted by molar-refractivity contribution is 9.10. The molecule has 1 N–H and O–H groups in total. The van der Waals surface area contributed by atoms with Gasteiger partial charge in [-0.1, -0.05) is 56.1 Å². The minimum Gasteiger partial charge on any atom is -0.318 e. The molecule has 2 heterocycles. The van der Waals surface area contributed by atoms with Crippen LogP contribution in [-0.4, -0.2) is 30.7 Å². The minimum atomic E-state index is -0.109. The third kappa shape index (κ3) is 4.17. The molecule has 0 aliphatic heterocycles. The van der Waals surface area contributed by atoms with Crippen molar-refractivity contribution in [2.75, 3.05) is 0 Å². The zero-order valence-electron chi connectivity index (χ0n) is 15.5. The molecular weight excluding hydrogens is 514 g/mol. The number of hydrogen-bond acceptors (Lipinski definition) is 5. The number of nitrogens with zero attached hydrogens (tertiary/aromatic N) is 4. The van der Waals surface area contributed by atoms with Crippen molar-refractivity contribution >= 4 is 54.6 Å². The normalized spacial score (nSPS) is 11.0. The van der Waals surface area contributed by atoms with Gasteiger partial charge in [0.15, 0.2) is 22.7 Å². The van der Waals surface area contributed by atoms with Gasteiger partial charge < -0.3 is 9.13 Å². The number of imidazole rings is 1. The largest absolute Gasteiger partial charge is 0.318 e. The first kappa shape index (κ1) is 20.4. The molecule has 0 aliphatic rings. The number of aromatic nitrogens is 4. The van der Waals surface area contributed by atoms with Crippen molar-refractivity contribution in [3.05, 3.63) is 86.7 Å². The third-order valence-corrected chi connectivity index (χ3v) is 5.66. The summed E-state index contributed by atoms with van der Waals surface area (Å²) in [5, 5.41) is 8.17. The molecule has 0 aliphatic carbocycles. The van der Waals surface area contributed by atoms with Crippen LogP contribution in [0.3, 0.4) is 0 Å². The van der Waals surface area contributed by atoms with E-state index in [4.69, 9.17) is 5.41 Å². The van der Waals surface area contributed by atoms with E-state index in [9.17, 15) is 9.59 Å². The molecule has 4 aromatic rings. The number of ketones is 2. The van der Waals surface area contributed by atoms with E-state index in [0.29, 0.717) is 22.3 Å². The van der Waals surface area contributed by atoms with E-state index in [1.165, 1.54) is 12.7 Å². The van der Waals surface area contributed by atoms with Gasteiger partial charge in [0.1, 0.15) is 5.52 Å². The molecule has 9 heteroatoms. The summed E-state index contributed by atoms with van der Waals surface area (Å²) in [4.78, 5) is 33.7. The molecule has 0 spiro atoms. The smallest absolute Gasteiger partial charge is 0.182 e. The van der Waals surface area contributed by atoms with Crippen molar-refractivity contribution in [2.45, 2.75) is 13.1 Å². The van der Waals surface area contributed by atoms with Gasteiger partial charge in [0.25, 0.3) is 0 Å². The molecule has 0 radical (unpaired) electrons. The number of carbonyl (C=O) groups is 2. The average Bonchev–Trinajstić information content (AvgIpc) is 3.15.